The van der Waals surface area contributed by atoms with E-state index in [4.69, 9.17) is 4.98 Å². The quantitative estimate of drug-likeness (QED) is 0.413. The molecule has 0 radical (unpaired) electrons. The SMILES string of the molecule is CC1=NCC(C)=C1c1cccc(-c2nc3c(n2-c2cccc(F)c2)CC[C@@H]2[C@@H](C)C(=O)C(C#N)=C[C@@]32C)c1. The molecule has 5 nitrogen and oxygen atoms in total. The Balaban J connectivity index is 1.61. The molecule has 3 aliphatic rings. The molecule has 2 aliphatic carbocycles. The molecule has 2 heterocycles. The monoisotopic (exact) mass is 504 g/mol. The molecule has 6 heteroatoms. The van der Waals surface area contributed by atoms with Crippen molar-refractivity contribution in [3.05, 3.63) is 88.5 Å². The molecule has 0 fully saturated rings. The summed E-state index contributed by atoms with van der Waals surface area (Å²) in [7, 11) is 0. The summed E-state index contributed by atoms with van der Waals surface area (Å²) in [4.78, 5) is 22.7. The number of imidazole rings is 1. The fraction of sp³-hybridized carbons (Fsp3) is 0.312. The lowest BCUT2D eigenvalue weighted by Gasteiger charge is -2.44. The van der Waals surface area contributed by atoms with E-state index < -0.39 is 5.41 Å². The summed E-state index contributed by atoms with van der Waals surface area (Å²) in [6.07, 6.45) is 3.32. The minimum atomic E-state index is -0.579. The van der Waals surface area contributed by atoms with Gasteiger partial charge in [0.05, 0.1) is 23.5 Å². The zero-order chi connectivity index (χ0) is 26.8. The molecule has 0 N–H and O–H groups in total. The third-order valence-corrected chi connectivity index (χ3v) is 8.61. The van der Waals surface area contributed by atoms with Crippen LogP contribution in [0, 0.1) is 29.0 Å². The van der Waals surface area contributed by atoms with Crippen LogP contribution in [0.3, 0.4) is 0 Å². The van der Waals surface area contributed by atoms with E-state index in [2.05, 4.69) is 41.6 Å². The van der Waals surface area contributed by atoms with E-state index in [1.165, 1.54) is 17.7 Å². The van der Waals surface area contributed by atoms with Gasteiger partial charge in [-0.25, -0.2) is 9.37 Å². The van der Waals surface area contributed by atoms with Gasteiger partial charge in [0.25, 0.3) is 0 Å². The number of halogens is 1. The molecule has 1 aliphatic heterocycles. The summed E-state index contributed by atoms with van der Waals surface area (Å²) in [6, 6.07) is 17.0. The molecule has 0 amide bonds. The number of carbonyl (C=O) groups excluding carboxylic acids is 1. The van der Waals surface area contributed by atoms with Crippen molar-refractivity contribution < 1.29 is 9.18 Å². The number of Topliss-reactive ketones (excluding diaryl/α,β-unsaturated/α-hetero) is 1. The number of hydrogen-bond donors (Lipinski definition) is 0. The van der Waals surface area contributed by atoms with Crippen LogP contribution in [0.15, 0.2) is 70.7 Å². The molecule has 190 valence electrons. The maximum absolute atomic E-state index is 14.5. The summed E-state index contributed by atoms with van der Waals surface area (Å²) in [6.45, 7) is 8.88. The Labute approximate surface area is 222 Å². The van der Waals surface area contributed by atoms with Gasteiger partial charge in [0.1, 0.15) is 17.7 Å². The maximum atomic E-state index is 14.5. The lowest BCUT2D eigenvalue weighted by molar-refractivity contribution is -0.121. The Kier molecular flexibility index (Phi) is 5.57. The van der Waals surface area contributed by atoms with Crippen molar-refractivity contribution in [2.75, 3.05) is 6.54 Å². The third kappa shape index (κ3) is 3.53. The standard InChI is InChI=1S/C32H29FN4O/c1-18-17-35-20(3)28(18)21-7-5-8-22(13-21)31-36-30-27(37(31)25-10-6-9-24(33)14-25)12-11-26-19(2)29(38)23(16-34)15-32(26,30)4/h5-10,13-15,19,26H,11-12,17H2,1-4H3/t19-,26-,32-/m1/s1. The van der Waals surface area contributed by atoms with Crippen molar-refractivity contribution in [3.63, 3.8) is 0 Å². The minimum absolute atomic E-state index is 0.0415. The van der Waals surface area contributed by atoms with Crippen LogP contribution < -0.4 is 0 Å². The number of rotatable bonds is 3. The third-order valence-electron chi connectivity index (χ3n) is 8.61. The van der Waals surface area contributed by atoms with Crippen LogP contribution in [0.1, 0.15) is 51.1 Å². The second kappa shape index (κ2) is 8.73. The molecule has 0 saturated heterocycles. The van der Waals surface area contributed by atoms with Crippen molar-refractivity contribution >= 4 is 17.1 Å². The fourth-order valence-electron chi connectivity index (χ4n) is 6.77. The van der Waals surface area contributed by atoms with E-state index in [1.54, 1.807) is 6.07 Å². The van der Waals surface area contributed by atoms with E-state index in [1.807, 2.05) is 38.1 Å². The van der Waals surface area contributed by atoms with Gasteiger partial charge in [0.15, 0.2) is 5.78 Å². The zero-order valence-corrected chi connectivity index (χ0v) is 22.0. The lowest BCUT2D eigenvalue weighted by Crippen LogP contribution is -2.45. The number of aromatic nitrogens is 2. The molecule has 38 heavy (non-hydrogen) atoms. The number of fused-ring (bicyclic) bond motifs is 3. The van der Waals surface area contributed by atoms with E-state index >= 15 is 0 Å². The van der Waals surface area contributed by atoms with Gasteiger partial charge < -0.3 is 0 Å². The minimum Gasteiger partial charge on any atom is -0.296 e. The highest BCUT2D eigenvalue weighted by Crippen LogP contribution is 2.50. The van der Waals surface area contributed by atoms with Gasteiger partial charge in [0, 0.05) is 33.9 Å². The normalized spacial score (nSPS) is 24.5. The summed E-state index contributed by atoms with van der Waals surface area (Å²) >= 11 is 0. The zero-order valence-electron chi connectivity index (χ0n) is 22.0. The van der Waals surface area contributed by atoms with E-state index in [0.29, 0.717) is 18.7 Å². The number of ketones is 1. The second-order valence-electron chi connectivity index (χ2n) is 10.9. The van der Waals surface area contributed by atoms with Crippen LogP contribution in [0.4, 0.5) is 4.39 Å². The van der Waals surface area contributed by atoms with Crippen molar-refractivity contribution in [2.24, 2.45) is 16.8 Å². The first-order valence-electron chi connectivity index (χ1n) is 13.1. The first-order chi connectivity index (χ1) is 18.2. The summed E-state index contributed by atoms with van der Waals surface area (Å²) < 4.78 is 16.5. The van der Waals surface area contributed by atoms with Crippen molar-refractivity contribution in [2.45, 2.75) is 46.0 Å². The van der Waals surface area contributed by atoms with Crippen LogP contribution in [-0.2, 0) is 16.6 Å². The molecule has 0 saturated carbocycles. The van der Waals surface area contributed by atoms with Crippen LogP contribution in [0.2, 0.25) is 0 Å². The molecule has 0 unspecified atom stereocenters. The highest BCUT2D eigenvalue weighted by Gasteiger charge is 2.50. The number of aliphatic imine (C=N–C) groups is 1. The lowest BCUT2D eigenvalue weighted by atomic mass is 9.58. The van der Waals surface area contributed by atoms with E-state index in [0.717, 1.165) is 46.0 Å². The molecule has 2 aromatic carbocycles. The molecule has 1 aromatic heterocycles. The Morgan fingerprint density at radius 2 is 1.89 bits per heavy atom. The van der Waals surface area contributed by atoms with Gasteiger partial charge in [-0.05, 0) is 68.0 Å². The number of nitriles is 1. The van der Waals surface area contributed by atoms with Crippen molar-refractivity contribution in [1.29, 1.82) is 5.26 Å². The van der Waals surface area contributed by atoms with Crippen LogP contribution in [0.25, 0.3) is 22.6 Å². The first-order valence-corrected chi connectivity index (χ1v) is 13.1. The van der Waals surface area contributed by atoms with Crippen LogP contribution in [-0.4, -0.2) is 27.6 Å². The predicted octanol–water partition coefficient (Wildman–Crippen LogP) is 6.42. The number of allylic oxidation sites excluding steroid dienone is 3. The topological polar surface area (TPSA) is 71.0 Å². The number of benzene rings is 2. The average molecular weight is 505 g/mol. The smallest absolute Gasteiger partial charge is 0.176 e. The average Bonchev–Trinajstić information content (AvgIpc) is 3.46. The largest absolute Gasteiger partial charge is 0.296 e. The highest BCUT2D eigenvalue weighted by atomic mass is 19.1. The molecule has 0 spiro atoms. The summed E-state index contributed by atoms with van der Waals surface area (Å²) in [5.41, 5.74) is 7.61. The predicted molar refractivity (Wildman–Crippen MR) is 147 cm³/mol. The Morgan fingerprint density at radius 3 is 2.61 bits per heavy atom. The van der Waals surface area contributed by atoms with Crippen molar-refractivity contribution in [1.82, 2.24) is 9.55 Å². The number of nitrogens with zero attached hydrogens (tertiary/aromatic N) is 4. The van der Waals surface area contributed by atoms with Crippen molar-refractivity contribution in [3.8, 4) is 23.1 Å². The summed E-state index contributed by atoms with van der Waals surface area (Å²) in [5.74, 6) is 0.102. The molecule has 3 atom stereocenters. The van der Waals surface area contributed by atoms with Gasteiger partial charge >= 0.3 is 0 Å². The molecule has 0 bridgehead atoms. The Bertz CT molecular complexity index is 1650. The van der Waals surface area contributed by atoms with Gasteiger partial charge in [0.2, 0.25) is 0 Å². The fourth-order valence-corrected chi connectivity index (χ4v) is 6.77. The Hall–Kier alpha value is -4.11. The van der Waals surface area contributed by atoms with Gasteiger partial charge in [-0.2, -0.15) is 5.26 Å². The molecular weight excluding hydrogens is 475 g/mol. The molecular formula is C32H29FN4O. The van der Waals surface area contributed by atoms with Crippen LogP contribution >= 0.6 is 0 Å². The van der Waals surface area contributed by atoms with Gasteiger partial charge in [-0.15, -0.1) is 0 Å². The maximum Gasteiger partial charge on any atom is 0.176 e. The number of hydrogen-bond acceptors (Lipinski definition) is 4. The number of carbonyl (C=O) groups is 1. The first kappa shape index (κ1) is 24.2. The molecule has 6 rings (SSSR count). The van der Waals surface area contributed by atoms with Gasteiger partial charge in [-0.3, -0.25) is 14.4 Å². The van der Waals surface area contributed by atoms with Crippen LogP contribution in [0.5, 0.6) is 0 Å². The highest BCUT2D eigenvalue weighted by molar-refractivity contribution is 6.25. The molecule has 3 aromatic rings. The van der Waals surface area contributed by atoms with Gasteiger partial charge in [-0.1, -0.05) is 44.2 Å². The summed E-state index contributed by atoms with van der Waals surface area (Å²) in [5, 5.41) is 9.74. The second-order valence-corrected chi connectivity index (χ2v) is 10.9. The Morgan fingerprint density at radius 1 is 1.13 bits per heavy atom. The van der Waals surface area contributed by atoms with E-state index in [9.17, 15) is 14.4 Å². The van der Waals surface area contributed by atoms with E-state index in [-0.39, 0.29) is 29.0 Å².